The zero-order valence-electron chi connectivity index (χ0n) is 21.1. The number of rotatable bonds is 5. The molecule has 11 unspecified atom stereocenters. The van der Waals surface area contributed by atoms with Crippen LogP contribution in [0, 0.1) is 17.8 Å². The quantitative estimate of drug-likeness (QED) is 0.225. The van der Waals surface area contributed by atoms with E-state index < -0.39 is 12.2 Å². The lowest BCUT2D eigenvalue weighted by Crippen LogP contribution is -2.57. The summed E-state index contributed by atoms with van der Waals surface area (Å²) >= 11 is 8.09. The summed E-state index contributed by atoms with van der Waals surface area (Å²) in [5.74, 6) is 0.0692. The molecule has 0 aliphatic carbocycles. The largest absolute Gasteiger partial charge is 0.380 e. The molecule has 11 atom stereocenters. The number of piperidine rings is 2. The Morgan fingerprint density at radius 1 is 1.14 bits per heavy atom. The molecule has 5 saturated heterocycles. The lowest BCUT2D eigenvalue weighted by Gasteiger charge is -2.45. The minimum absolute atomic E-state index is 0.0329. The Morgan fingerprint density at radius 2 is 1.94 bits per heavy atom. The van der Waals surface area contributed by atoms with Gasteiger partial charge >= 0.3 is 0 Å². The Hall–Kier alpha value is -0.730. The molecule has 2 amide bonds. The van der Waals surface area contributed by atoms with Gasteiger partial charge in [-0.05, 0) is 31.6 Å². The van der Waals surface area contributed by atoms with E-state index in [2.05, 4.69) is 33.6 Å². The Labute approximate surface area is 221 Å². The van der Waals surface area contributed by atoms with Crippen molar-refractivity contribution in [1.29, 1.82) is 0 Å². The van der Waals surface area contributed by atoms with Gasteiger partial charge in [-0.2, -0.15) is 0 Å². The maximum atomic E-state index is 14.2. The van der Waals surface area contributed by atoms with E-state index in [1.165, 1.54) is 0 Å². The van der Waals surface area contributed by atoms with Crippen molar-refractivity contribution >= 4 is 35.2 Å². The number of thioether (sulfide) groups is 1. The van der Waals surface area contributed by atoms with Gasteiger partial charge in [0.2, 0.25) is 11.8 Å². The highest BCUT2D eigenvalue weighted by molar-refractivity contribution is 8.00. The highest BCUT2D eigenvalue weighted by Gasteiger charge is 2.48. The van der Waals surface area contributed by atoms with Gasteiger partial charge < -0.3 is 20.3 Å². The zero-order valence-corrected chi connectivity index (χ0v) is 22.7. The van der Waals surface area contributed by atoms with Crippen molar-refractivity contribution in [2.24, 2.45) is 17.8 Å². The van der Waals surface area contributed by atoms with Gasteiger partial charge in [-0.1, -0.05) is 0 Å². The number of carbonyl (C=O) groups is 2. The van der Waals surface area contributed by atoms with Gasteiger partial charge in [-0.3, -0.25) is 20.2 Å². The molecule has 5 N–H and O–H groups in total. The van der Waals surface area contributed by atoms with Crippen LogP contribution >= 0.6 is 23.4 Å². The number of hydrogen-bond acceptors (Lipinski definition) is 9. The molecule has 5 rings (SSSR count). The number of nitrogens with one attached hydrogen (secondary N) is 5. The van der Waals surface area contributed by atoms with Crippen LogP contribution in [0.2, 0.25) is 0 Å². The smallest absolute Gasteiger partial charge is 0.244 e. The zero-order chi connectivity index (χ0) is 25.6. The first-order chi connectivity index (χ1) is 17.2. The topological polar surface area (TPSA) is 110 Å². The van der Waals surface area contributed by atoms with Crippen molar-refractivity contribution in [3.05, 3.63) is 0 Å². The fraction of sp³-hybridized carbons (Fsp3) is 0.913. The Kier molecular flexibility index (Phi) is 8.34. The first kappa shape index (κ1) is 26.9. The molecule has 13 heteroatoms. The first-order valence-corrected chi connectivity index (χ1v) is 14.4. The summed E-state index contributed by atoms with van der Waals surface area (Å²) in [7, 11) is 3.47. The number of halogens is 2. The SMILES string of the molecule is COC1CNC(Cl)CC1C1CC(C)NCC1C(=O)NC1NC2CN(C(=O)C3NN(C)CC3F)CC2S1. The predicted octanol–water partition coefficient (Wildman–Crippen LogP) is -0.738. The van der Waals surface area contributed by atoms with E-state index in [4.69, 9.17) is 16.3 Å². The number of likely N-dealkylation sites (tertiary alicyclic amines) is 1. The van der Waals surface area contributed by atoms with Gasteiger partial charge in [-0.15, -0.1) is 23.4 Å². The number of amides is 2. The molecule has 0 aromatic carbocycles. The van der Waals surface area contributed by atoms with Crippen LogP contribution in [0.25, 0.3) is 0 Å². The van der Waals surface area contributed by atoms with Crippen LogP contribution in [0.15, 0.2) is 0 Å². The summed E-state index contributed by atoms with van der Waals surface area (Å²) < 4.78 is 20.0. The van der Waals surface area contributed by atoms with Crippen LogP contribution in [0.4, 0.5) is 4.39 Å². The monoisotopic (exact) mass is 547 g/mol. The fourth-order valence-electron chi connectivity index (χ4n) is 6.59. The van der Waals surface area contributed by atoms with E-state index in [1.54, 1.807) is 35.8 Å². The molecule has 0 radical (unpaired) electrons. The number of nitrogens with zero attached hydrogens (tertiary/aromatic N) is 2. The van der Waals surface area contributed by atoms with Crippen LogP contribution in [0.1, 0.15) is 19.8 Å². The maximum Gasteiger partial charge on any atom is 0.244 e. The van der Waals surface area contributed by atoms with Gasteiger partial charge in [0.1, 0.15) is 17.7 Å². The van der Waals surface area contributed by atoms with Crippen molar-refractivity contribution in [3.63, 3.8) is 0 Å². The van der Waals surface area contributed by atoms with Gasteiger partial charge in [0.25, 0.3) is 0 Å². The lowest BCUT2D eigenvalue weighted by molar-refractivity contribution is -0.134. The first-order valence-electron chi connectivity index (χ1n) is 13.0. The minimum Gasteiger partial charge on any atom is -0.380 e. The summed E-state index contributed by atoms with van der Waals surface area (Å²) in [4.78, 5) is 28.1. The second kappa shape index (κ2) is 11.2. The number of alkyl halides is 2. The molecule has 0 aromatic rings. The van der Waals surface area contributed by atoms with Crippen LogP contribution in [0.3, 0.4) is 0 Å². The number of methoxy groups -OCH3 is 1. The number of carbonyl (C=O) groups excluding carboxylic acids is 2. The normalized spacial score (nSPS) is 45.6. The Balaban J connectivity index is 1.17. The third-order valence-corrected chi connectivity index (χ3v) is 10.2. The van der Waals surface area contributed by atoms with Crippen LogP contribution < -0.4 is 26.7 Å². The minimum atomic E-state index is -1.21. The molecule has 5 fully saturated rings. The number of fused-ring (bicyclic) bond motifs is 1. The molecular weight excluding hydrogens is 509 g/mol. The van der Waals surface area contributed by atoms with E-state index >= 15 is 0 Å². The lowest BCUT2D eigenvalue weighted by atomic mass is 9.70. The molecule has 204 valence electrons. The average molecular weight is 548 g/mol. The molecule has 0 spiro atoms. The highest BCUT2D eigenvalue weighted by Crippen LogP contribution is 2.38. The molecule has 0 aromatic heterocycles. The molecule has 0 bridgehead atoms. The van der Waals surface area contributed by atoms with E-state index in [9.17, 15) is 14.0 Å². The van der Waals surface area contributed by atoms with Crippen LogP contribution in [-0.2, 0) is 14.3 Å². The van der Waals surface area contributed by atoms with Crippen molar-refractivity contribution < 1.29 is 18.7 Å². The van der Waals surface area contributed by atoms with E-state index in [-0.39, 0.29) is 64.5 Å². The van der Waals surface area contributed by atoms with Crippen molar-refractivity contribution in [1.82, 2.24) is 36.6 Å². The third kappa shape index (κ3) is 5.51. The molecule has 5 aliphatic heterocycles. The second-order valence-corrected chi connectivity index (χ2v) is 12.8. The summed E-state index contributed by atoms with van der Waals surface area (Å²) in [5.41, 5.74) is 2.60. The summed E-state index contributed by atoms with van der Waals surface area (Å²) in [5, 5.41) is 15.3. The van der Waals surface area contributed by atoms with E-state index in [0.717, 1.165) is 12.8 Å². The van der Waals surface area contributed by atoms with Crippen LogP contribution in [-0.4, -0.2) is 115 Å². The Bertz CT molecular complexity index is 819. The van der Waals surface area contributed by atoms with Crippen molar-refractivity contribution in [2.45, 2.75) is 66.4 Å². The van der Waals surface area contributed by atoms with Gasteiger partial charge in [0.15, 0.2) is 0 Å². The number of ether oxygens (including phenoxy) is 1. The van der Waals surface area contributed by atoms with Gasteiger partial charge in [0, 0.05) is 64.2 Å². The molecule has 10 nitrogen and oxygen atoms in total. The predicted molar refractivity (Wildman–Crippen MR) is 137 cm³/mol. The second-order valence-electron chi connectivity index (χ2n) is 10.9. The van der Waals surface area contributed by atoms with Crippen molar-refractivity contribution in [2.75, 3.05) is 46.9 Å². The average Bonchev–Trinajstić information content (AvgIpc) is 3.50. The summed E-state index contributed by atoms with van der Waals surface area (Å²) in [6.07, 6.45) is 0.504. The van der Waals surface area contributed by atoms with E-state index in [0.29, 0.717) is 32.2 Å². The number of hydrazine groups is 1. The summed E-state index contributed by atoms with van der Waals surface area (Å²) in [6, 6.07) is -0.410. The molecular formula is C23H39ClFN7O3S. The van der Waals surface area contributed by atoms with Crippen LogP contribution in [0.5, 0.6) is 0 Å². The summed E-state index contributed by atoms with van der Waals surface area (Å²) in [6.45, 7) is 4.76. The molecule has 0 saturated carbocycles. The van der Waals surface area contributed by atoms with Crippen molar-refractivity contribution in [3.8, 4) is 0 Å². The maximum absolute atomic E-state index is 14.2. The molecule has 5 heterocycles. The van der Waals surface area contributed by atoms with E-state index in [1.807, 2.05) is 0 Å². The Morgan fingerprint density at radius 3 is 2.64 bits per heavy atom. The fourth-order valence-corrected chi connectivity index (χ4v) is 8.29. The van der Waals surface area contributed by atoms with Gasteiger partial charge in [-0.25, -0.2) is 14.8 Å². The number of hydrogen-bond donors (Lipinski definition) is 5. The highest BCUT2D eigenvalue weighted by atomic mass is 35.5. The van der Waals surface area contributed by atoms with Gasteiger partial charge in [0.05, 0.1) is 17.5 Å². The third-order valence-electron chi connectivity index (χ3n) is 8.48. The standard InChI is InChI=1S/C23H39ClFN7O3S/c1-11-4-12(13-5-19(24)27-7-17(13)35-3)14(6-26-11)21(33)29-23-28-16-9-32(10-18(16)36-23)22(34)20-15(25)8-31(2)30-20/h11-20,23,26-28,30H,4-10H2,1-3H3,(H,29,33). The molecule has 5 aliphatic rings. The molecule has 36 heavy (non-hydrogen) atoms.